The molecule has 0 unspecified atom stereocenters. The first-order valence-electron chi connectivity index (χ1n) is 12.3. The maximum absolute atomic E-state index is 15.0. The molecule has 0 heterocycles. The summed E-state index contributed by atoms with van der Waals surface area (Å²) in [5, 5.41) is 15.9. The molecule has 0 radical (unpaired) electrons. The van der Waals surface area contributed by atoms with Crippen LogP contribution in [0.2, 0.25) is 0 Å². The predicted molar refractivity (Wildman–Crippen MR) is 143 cm³/mol. The van der Waals surface area contributed by atoms with Gasteiger partial charge in [0.15, 0.2) is 5.11 Å². The van der Waals surface area contributed by atoms with Crippen LogP contribution in [-0.4, -0.2) is 42.7 Å². The summed E-state index contributed by atoms with van der Waals surface area (Å²) in [4.78, 5) is 12.8. The smallest absolute Gasteiger partial charge is 0.413 e. The Kier molecular flexibility index (Phi) is 7.24. The van der Waals surface area contributed by atoms with Crippen LogP contribution >= 0.6 is 12.2 Å². The van der Waals surface area contributed by atoms with Crippen molar-refractivity contribution in [2.24, 2.45) is 5.92 Å². The van der Waals surface area contributed by atoms with Crippen LogP contribution in [0, 0.1) is 11.7 Å². The van der Waals surface area contributed by atoms with Gasteiger partial charge in [-0.1, -0.05) is 66.7 Å². The molecule has 2 aliphatic carbocycles. The van der Waals surface area contributed by atoms with Crippen molar-refractivity contribution in [3.8, 4) is 11.1 Å². The van der Waals surface area contributed by atoms with Gasteiger partial charge in [-0.2, -0.15) is 0 Å². The molecule has 1 amide bonds. The van der Waals surface area contributed by atoms with Gasteiger partial charge < -0.3 is 19.9 Å². The number of methoxy groups -OCH3 is 1. The number of amides is 1. The highest BCUT2D eigenvalue weighted by Gasteiger charge is 2.50. The van der Waals surface area contributed by atoms with Crippen LogP contribution in [0.3, 0.4) is 0 Å². The summed E-state index contributed by atoms with van der Waals surface area (Å²) in [7, 11) is 1.59. The number of benzene rings is 3. The van der Waals surface area contributed by atoms with Crippen molar-refractivity contribution >= 4 is 23.4 Å². The van der Waals surface area contributed by atoms with Crippen molar-refractivity contribution in [2.75, 3.05) is 20.3 Å². The van der Waals surface area contributed by atoms with E-state index in [4.69, 9.17) is 21.7 Å². The fraction of sp³-hybridized carbons (Fsp3) is 0.310. The van der Waals surface area contributed by atoms with E-state index in [0.717, 1.165) is 22.3 Å². The third-order valence-electron chi connectivity index (χ3n) is 7.60. The highest BCUT2D eigenvalue weighted by molar-refractivity contribution is 7.80. The summed E-state index contributed by atoms with van der Waals surface area (Å²) in [6.45, 7) is -0.0549. The van der Waals surface area contributed by atoms with Gasteiger partial charge in [-0.25, -0.2) is 9.18 Å². The molecule has 0 saturated heterocycles. The first kappa shape index (κ1) is 25.3. The Balaban J connectivity index is 1.30. The SMILES string of the molecule is CO[C@@H]1C[C@H](CO)[C@](NC(=S)NC(=O)OCC2c3ccccc3-c3ccccc32)(c2ccccc2F)C1. The molecule has 3 atom stereocenters. The number of halogens is 1. The minimum Gasteiger partial charge on any atom is -0.448 e. The zero-order valence-electron chi connectivity index (χ0n) is 20.4. The molecule has 0 aromatic heterocycles. The molecule has 1 saturated carbocycles. The predicted octanol–water partition coefficient (Wildman–Crippen LogP) is 4.85. The summed E-state index contributed by atoms with van der Waals surface area (Å²) < 4.78 is 26.1. The van der Waals surface area contributed by atoms with Crippen molar-refractivity contribution in [3.63, 3.8) is 0 Å². The van der Waals surface area contributed by atoms with E-state index < -0.39 is 17.4 Å². The van der Waals surface area contributed by atoms with Crippen molar-refractivity contribution in [1.29, 1.82) is 0 Å². The Hall–Kier alpha value is -3.33. The number of rotatable bonds is 6. The molecule has 8 heteroatoms. The molecule has 6 nitrogen and oxygen atoms in total. The molecule has 192 valence electrons. The summed E-state index contributed by atoms with van der Waals surface area (Å²) >= 11 is 5.46. The van der Waals surface area contributed by atoms with Gasteiger partial charge in [0.05, 0.1) is 11.6 Å². The first-order chi connectivity index (χ1) is 18.0. The zero-order valence-corrected chi connectivity index (χ0v) is 21.3. The molecule has 3 aromatic carbocycles. The second-order valence-electron chi connectivity index (χ2n) is 9.53. The van der Waals surface area contributed by atoms with Crippen LogP contribution in [0.5, 0.6) is 0 Å². The largest absolute Gasteiger partial charge is 0.448 e. The Labute approximate surface area is 220 Å². The quantitative estimate of drug-likeness (QED) is 0.403. The average Bonchev–Trinajstić information content (AvgIpc) is 3.43. The highest BCUT2D eigenvalue weighted by atomic mass is 32.1. The molecule has 3 N–H and O–H groups in total. The van der Waals surface area contributed by atoms with E-state index in [0.29, 0.717) is 18.4 Å². The number of aliphatic hydroxyl groups excluding tert-OH is 1. The lowest BCUT2D eigenvalue weighted by Crippen LogP contribution is -2.54. The molecule has 5 rings (SSSR count). The lowest BCUT2D eigenvalue weighted by Gasteiger charge is -2.37. The van der Waals surface area contributed by atoms with E-state index in [1.807, 2.05) is 36.4 Å². The van der Waals surface area contributed by atoms with Crippen LogP contribution in [0.25, 0.3) is 11.1 Å². The van der Waals surface area contributed by atoms with Crippen LogP contribution in [0.15, 0.2) is 72.8 Å². The number of alkyl carbamates (subject to hydrolysis) is 1. The standard InChI is InChI=1S/C29H29FN2O4S/c1-35-19-14-18(16-33)29(15-19,25-12-6-7-13-26(25)30)32-27(37)31-28(34)36-17-24-22-10-4-2-8-20(22)21-9-3-5-11-23(21)24/h2-13,18-19,24,33H,14-17H2,1H3,(H2,31,32,34,37)/t18-,19-,29+/m1/s1. The third kappa shape index (κ3) is 4.72. The van der Waals surface area contributed by atoms with E-state index in [-0.39, 0.29) is 36.3 Å². The molecule has 0 spiro atoms. The Morgan fingerprint density at radius 2 is 1.68 bits per heavy atom. The van der Waals surface area contributed by atoms with Crippen molar-refractivity contribution in [2.45, 2.75) is 30.4 Å². The summed E-state index contributed by atoms with van der Waals surface area (Å²) in [6.07, 6.45) is -0.0178. The summed E-state index contributed by atoms with van der Waals surface area (Å²) in [5.74, 6) is -0.883. The number of aliphatic hydroxyl groups is 1. The van der Waals surface area contributed by atoms with Crippen molar-refractivity contribution in [3.05, 3.63) is 95.3 Å². The number of nitrogens with one attached hydrogen (secondary N) is 2. The fourth-order valence-electron chi connectivity index (χ4n) is 5.87. The molecular weight excluding hydrogens is 491 g/mol. The highest BCUT2D eigenvalue weighted by Crippen LogP contribution is 2.46. The lowest BCUT2D eigenvalue weighted by molar-refractivity contribution is 0.0992. The van der Waals surface area contributed by atoms with E-state index >= 15 is 0 Å². The van der Waals surface area contributed by atoms with Crippen LogP contribution in [0.1, 0.15) is 35.4 Å². The molecular formula is C29H29FN2O4S. The number of hydrogen-bond acceptors (Lipinski definition) is 5. The van der Waals surface area contributed by atoms with E-state index in [1.165, 1.54) is 6.07 Å². The van der Waals surface area contributed by atoms with E-state index in [9.17, 15) is 14.3 Å². The van der Waals surface area contributed by atoms with Gasteiger partial charge in [-0.05, 0) is 47.0 Å². The second kappa shape index (κ2) is 10.6. The van der Waals surface area contributed by atoms with Gasteiger partial charge in [0, 0.05) is 37.5 Å². The number of hydrogen-bond donors (Lipinski definition) is 3. The minimum absolute atomic E-state index is 0.00400. The van der Waals surface area contributed by atoms with Gasteiger partial charge in [0.1, 0.15) is 12.4 Å². The molecule has 2 aliphatic rings. The number of thiocarbonyl (C=S) groups is 1. The number of carbonyl (C=O) groups excluding carboxylic acids is 1. The maximum Gasteiger partial charge on any atom is 0.413 e. The number of carbonyl (C=O) groups is 1. The average molecular weight is 521 g/mol. The zero-order chi connectivity index (χ0) is 26.0. The summed E-state index contributed by atoms with van der Waals surface area (Å²) in [5.41, 5.74) is 3.82. The van der Waals surface area contributed by atoms with Crippen molar-refractivity contribution in [1.82, 2.24) is 10.6 Å². The molecule has 0 bridgehead atoms. The van der Waals surface area contributed by atoms with Gasteiger partial charge in [-0.15, -0.1) is 0 Å². The first-order valence-corrected chi connectivity index (χ1v) is 12.7. The van der Waals surface area contributed by atoms with E-state index in [1.54, 1.807) is 25.3 Å². The molecule has 0 aliphatic heterocycles. The molecule has 1 fully saturated rings. The topological polar surface area (TPSA) is 79.8 Å². The normalized spacial score (nSPS) is 22.2. The second-order valence-corrected chi connectivity index (χ2v) is 9.94. The third-order valence-corrected chi connectivity index (χ3v) is 7.80. The maximum atomic E-state index is 15.0. The van der Waals surface area contributed by atoms with Gasteiger partial charge in [0.2, 0.25) is 0 Å². The van der Waals surface area contributed by atoms with Crippen molar-refractivity contribution < 1.29 is 23.8 Å². The Morgan fingerprint density at radius 1 is 1.05 bits per heavy atom. The molecule has 37 heavy (non-hydrogen) atoms. The Morgan fingerprint density at radius 3 is 2.30 bits per heavy atom. The monoisotopic (exact) mass is 520 g/mol. The molecule has 3 aromatic rings. The van der Waals surface area contributed by atoms with Crippen LogP contribution in [0.4, 0.5) is 9.18 Å². The summed E-state index contributed by atoms with van der Waals surface area (Å²) in [6, 6.07) is 22.6. The van der Waals surface area contributed by atoms with Crippen LogP contribution < -0.4 is 10.6 Å². The number of fused-ring (bicyclic) bond motifs is 3. The van der Waals surface area contributed by atoms with Crippen LogP contribution in [-0.2, 0) is 15.0 Å². The Bertz CT molecular complexity index is 1270. The van der Waals surface area contributed by atoms with E-state index in [2.05, 4.69) is 22.8 Å². The fourth-order valence-corrected chi connectivity index (χ4v) is 6.14. The van der Waals surface area contributed by atoms with Gasteiger partial charge in [0.25, 0.3) is 0 Å². The van der Waals surface area contributed by atoms with Gasteiger partial charge in [-0.3, -0.25) is 5.32 Å². The lowest BCUT2D eigenvalue weighted by atomic mass is 9.80. The number of ether oxygens (including phenoxy) is 2. The van der Waals surface area contributed by atoms with Gasteiger partial charge >= 0.3 is 6.09 Å². The minimum atomic E-state index is -1.05.